The van der Waals surface area contributed by atoms with Crippen molar-refractivity contribution in [3.63, 3.8) is 0 Å². The summed E-state index contributed by atoms with van der Waals surface area (Å²) in [4.78, 5) is 2.29. The van der Waals surface area contributed by atoms with Gasteiger partial charge in [0.15, 0.2) is 0 Å². The van der Waals surface area contributed by atoms with E-state index in [1.54, 1.807) is 0 Å². The first-order chi connectivity index (χ1) is 6.01. The molecule has 1 aliphatic rings. The van der Waals surface area contributed by atoms with Gasteiger partial charge < -0.3 is 4.90 Å². The van der Waals surface area contributed by atoms with Gasteiger partial charge in [0.1, 0.15) is 0 Å². The lowest BCUT2D eigenvalue weighted by Crippen LogP contribution is -2.37. The Morgan fingerprint density at radius 2 is 1.92 bits per heavy atom. The van der Waals surface area contributed by atoms with Crippen molar-refractivity contribution in [2.75, 3.05) is 25.9 Å². The average molecular weight is 207 g/mol. The van der Waals surface area contributed by atoms with Gasteiger partial charge in [0, 0.05) is 13.1 Å². The van der Waals surface area contributed by atoms with Gasteiger partial charge in [-0.15, -0.1) is 0 Å². The lowest BCUT2D eigenvalue weighted by atomic mass is 10.1. The first-order valence-corrected chi connectivity index (χ1v) is 6.43. The highest BCUT2D eigenvalue weighted by Crippen LogP contribution is 2.14. The zero-order valence-electron chi connectivity index (χ0n) is 8.19. The summed E-state index contributed by atoms with van der Waals surface area (Å²) in [7, 11) is -3.27. The number of hydrogen-bond acceptors (Lipinski definition) is 4. The van der Waals surface area contributed by atoms with E-state index in [4.69, 9.17) is 4.18 Å². The molecule has 0 aromatic carbocycles. The monoisotopic (exact) mass is 207 g/mol. The minimum Gasteiger partial charge on any atom is -0.303 e. The zero-order valence-corrected chi connectivity index (χ0v) is 9.01. The van der Waals surface area contributed by atoms with E-state index in [0.29, 0.717) is 0 Å². The van der Waals surface area contributed by atoms with Crippen LogP contribution in [0.4, 0.5) is 0 Å². The van der Waals surface area contributed by atoms with Crippen LogP contribution in [0.1, 0.15) is 19.8 Å². The van der Waals surface area contributed by atoms with Crippen molar-refractivity contribution < 1.29 is 12.6 Å². The van der Waals surface area contributed by atoms with E-state index in [1.165, 1.54) is 0 Å². The summed E-state index contributed by atoms with van der Waals surface area (Å²) < 4.78 is 26.5. The molecule has 0 unspecified atom stereocenters. The Kier molecular flexibility index (Phi) is 3.70. The van der Waals surface area contributed by atoms with Crippen LogP contribution in [0.25, 0.3) is 0 Å². The predicted octanol–water partition coefficient (Wildman–Crippen LogP) is 0.447. The third kappa shape index (κ3) is 4.06. The van der Waals surface area contributed by atoms with Crippen molar-refractivity contribution >= 4 is 10.1 Å². The molecule has 0 N–H and O–H groups in total. The highest BCUT2D eigenvalue weighted by molar-refractivity contribution is 7.86. The SMILES string of the molecule is CCN1CCC(OS(C)(=O)=O)CC1. The summed E-state index contributed by atoms with van der Waals surface area (Å²) in [5, 5.41) is 0. The predicted molar refractivity (Wildman–Crippen MR) is 51.1 cm³/mol. The fourth-order valence-electron chi connectivity index (χ4n) is 1.57. The molecular formula is C8H17NO3S. The Hall–Kier alpha value is -0.130. The second-order valence-corrected chi connectivity index (χ2v) is 5.03. The third-order valence-corrected chi connectivity index (χ3v) is 2.91. The molecule has 0 aromatic heterocycles. The molecule has 4 nitrogen and oxygen atoms in total. The fourth-order valence-corrected chi connectivity index (χ4v) is 2.26. The number of rotatable bonds is 3. The van der Waals surface area contributed by atoms with E-state index in [-0.39, 0.29) is 6.10 Å². The Balaban J connectivity index is 2.33. The van der Waals surface area contributed by atoms with Crippen molar-refractivity contribution in [2.45, 2.75) is 25.9 Å². The van der Waals surface area contributed by atoms with Gasteiger partial charge >= 0.3 is 0 Å². The van der Waals surface area contributed by atoms with Crippen LogP contribution in [0.5, 0.6) is 0 Å². The van der Waals surface area contributed by atoms with Crippen LogP contribution in [-0.4, -0.2) is 45.3 Å². The molecule has 0 radical (unpaired) electrons. The first-order valence-electron chi connectivity index (χ1n) is 4.62. The Labute approximate surface area is 80.0 Å². The zero-order chi connectivity index (χ0) is 9.90. The maximum absolute atomic E-state index is 10.8. The van der Waals surface area contributed by atoms with Crippen molar-refractivity contribution in [1.82, 2.24) is 4.90 Å². The van der Waals surface area contributed by atoms with Crippen LogP contribution in [0, 0.1) is 0 Å². The van der Waals surface area contributed by atoms with E-state index in [1.807, 2.05) is 0 Å². The molecule has 1 rings (SSSR count). The highest BCUT2D eigenvalue weighted by atomic mass is 32.2. The summed E-state index contributed by atoms with van der Waals surface area (Å²) >= 11 is 0. The minimum atomic E-state index is -3.27. The number of hydrogen-bond donors (Lipinski definition) is 0. The molecule has 78 valence electrons. The quantitative estimate of drug-likeness (QED) is 0.630. The summed E-state index contributed by atoms with van der Waals surface area (Å²) in [6.45, 7) is 5.02. The molecular weight excluding hydrogens is 190 g/mol. The molecule has 0 atom stereocenters. The first kappa shape index (κ1) is 10.9. The van der Waals surface area contributed by atoms with Crippen molar-refractivity contribution in [3.05, 3.63) is 0 Å². The Bertz CT molecular complexity index is 242. The van der Waals surface area contributed by atoms with Crippen LogP contribution in [-0.2, 0) is 14.3 Å². The second-order valence-electron chi connectivity index (χ2n) is 3.43. The Morgan fingerprint density at radius 3 is 2.31 bits per heavy atom. The van der Waals surface area contributed by atoms with Gasteiger partial charge in [0.2, 0.25) is 0 Å². The molecule has 5 heteroatoms. The molecule has 0 aliphatic carbocycles. The summed E-state index contributed by atoms with van der Waals surface area (Å²) in [5.74, 6) is 0. The van der Waals surface area contributed by atoms with Gasteiger partial charge in [-0.25, -0.2) is 0 Å². The topological polar surface area (TPSA) is 46.6 Å². The van der Waals surface area contributed by atoms with Gasteiger partial charge in [-0.05, 0) is 19.4 Å². The van der Waals surface area contributed by atoms with Gasteiger partial charge in [0.05, 0.1) is 12.4 Å². The van der Waals surface area contributed by atoms with Gasteiger partial charge in [-0.3, -0.25) is 4.18 Å². The van der Waals surface area contributed by atoms with Gasteiger partial charge in [-0.1, -0.05) is 6.92 Å². The molecule has 13 heavy (non-hydrogen) atoms. The maximum atomic E-state index is 10.8. The van der Waals surface area contributed by atoms with Crippen LogP contribution in [0.15, 0.2) is 0 Å². The van der Waals surface area contributed by atoms with E-state index in [9.17, 15) is 8.42 Å². The molecule has 0 saturated carbocycles. The number of piperidine rings is 1. The van der Waals surface area contributed by atoms with Crippen molar-refractivity contribution in [3.8, 4) is 0 Å². The smallest absolute Gasteiger partial charge is 0.264 e. The lowest BCUT2D eigenvalue weighted by molar-refractivity contribution is 0.110. The Morgan fingerprint density at radius 1 is 1.38 bits per heavy atom. The van der Waals surface area contributed by atoms with Crippen LogP contribution in [0.2, 0.25) is 0 Å². The lowest BCUT2D eigenvalue weighted by Gasteiger charge is -2.29. The summed E-state index contributed by atoms with van der Waals surface area (Å²) in [5.41, 5.74) is 0. The number of nitrogens with zero attached hydrogens (tertiary/aromatic N) is 1. The van der Waals surface area contributed by atoms with Crippen LogP contribution >= 0.6 is 0 Å². The van der Waals surface area contributed by atoms with E-state index in [2.05, 4.69) is 11.8 Å². The summed E-state index contributed by atoms with van der Waals surface area (Å²) in [6, 6.07) is 0. The molecule has 0 spiro atoms. The third-order valence-electron chi connectivity index (χ3n) is 2.29. The van der Waals surface area contributed by atoms with Crippen molar-refractivity contribution in [1.29, 1.82) is 0 Å². The van der Waals surface area contributed by atoms with E-state index in [0.717, 1.165) is 38.7 Å². The molecule has 1 aliphatic heterocycles. The maximum Gasteiger partial charge on any atom is 0.264 e. The normalized spacial score (nSPS) is 22.0. The minimum absolute atomic E-state index is 0.0993. The van der Waals surface area contributed by atoms with Gasteiger partial charge in [0.25, 0.3) is 10.1 Å². The van der Waals surface area contributed by atoms with E-state index < -0.39 is 10.1 Å². The molecule has 1 saturated heterocycles. The molecule has 1 fully saturated rings. The number of likely N-dealkylation sites (tertiary alicyclic amines) is 1. The van der Waals surface area contributed by atoms with E-state index >= 15 is 0 Å². The average Bonchev–Trinajstić information content (AvgIpc) is 2.03. The molecule has 1 heterocycles. The molecule has 0 amide bonds. The van der Waals surface area contributed by atoms with Crippen LogP contribution < -0.4 is 0 Å². The second kappa shape index (κ2) is 4.39. The van der Waals surface area contributed by atoms with Crippen molar-refractivity contribution in [2.24, 2.45) is 0 Å². The largest absolute Gasteiger partial charge is 0.303 e. The summed E-state index contributed by atoms with van der Waals surface area (Å²) in [6.07, 6.45) is 2.65. The van der Waals surface area contributed by atoms with Crippen LogP contribution in [0.3, 0.4) is 0 Å². The van der Waals surface area contributed by atoms with Gasteiger partial charge in [-0.2, -0.15) is 8.42 Å². The standard InChI is InChI=1S/C8H17NO3S/c1-3-9-6-4-8(5-7-9)12-13(2,10)11/h8H,3-7H2,1-2H3. The highest BCUT2D eigenvalue weighted by Gasteiger charge is 2.21. The molecule has 0 bridgehead atoms. The molecule has 0 aromatic rings. The fraction of sp³-hybridized carbons (Fsp3) is 1.00.